The molecule has 1 unspecified atom stereocenters. The van der Waals surface area contributed by atoms with Gasteiger partial charge in [0.15, 0.2) is 6.10 Å². The summed E-state index contributed by atoms with van der Waals surface area (Å²) in [6.07, 6.45) is 55.2. The van der Waals surface area contributed by atoms with E-state index in [1.807, 2.05) is 0 Å². The monoisotopic (exact) mass is 919 g/mol. The van der Waals surface area contributed by atoms with Crippen molar-refractivity contribution in [2.45, 2.75) is 336 Å². The van der Waals surface area contributed by atoms with Gasteiger partial charge in [0.05, 0.1) is 0 Å². The van der Waals surface area contributed by atoms with Crippen molar-refractivity contribution in [1.82, 2.24) is 0 Å². The lowest BCUT2D eigenvalue weighted by Crippen LogP contribution is -2.30. The molecule has 0 aromatic heterocycles. The Morgan fingerprint density at radius 3 is 0.877 bits per heavy atom. The van der Waals surface area contributed by atoms with E-state index in [9.17, 15) is 14.4 Å². The highest BCUT2D eigenvalue weighted by Crippen LogP contribution is 2.19. The maximum absolute atomic E-state index is 12.9. The second kappa shape index (κ2) is 51.8. The Morgan fingerprint density at radius 2 is 0.585 bits per heavy atom. The van der Waals surface area contributed by atoms with Crippen LogP contribution in [0.3, 0.4) is 0 Å². The summed E-state index contributed by atoms with van der Waals surface area (Å²) in [5.74, 6) is 0.846. The molecule has 386 valence electrons. The largest absolute Gasteiger partial charge is 0.462 e. The van der Waals surface area contributed by atoms with E-state index in [1.54, 1.807) is 0 Å². The fourth-order valence-corrected chi connectivity index (χ4v) is 9.02. The summed E-state index contributed by atoms with van der Waals surface area (Å²) < 4.78 is 16.9. The second-order valence-electron chi connectivity index (χ2n) is 21.0. The van der Waals surface area contributed by atoms with E-state index in [4.69, 9.17) is 14.2 Å². The molecular weight excluding hydrogens is 805 g/mol. The molecule has 0 aliphatic heterocycles. The van der Waals surface area contributed by atoms with Gasteiger partial charge < -0.3 is 14.2 Å². The molecule has 0 amide bonds. The molecule has 6 nitrogen and oxygen atoms in total. The standard InChI is InChI=1S/C59H114O6/c1-6-8-9-10-11-12-13-14-15-16-17-18-19-22-26-29-36-41-46-51-59(62)65-56(53-64-58(61)50-45-40-35-31-30-33-38-43-48-55(5)7-2)52-63-57(60)49-44-39-34-28-25-23-20-21-24-27-32-37-42-47-54(3)4/h54-56H,6-53H2,1-5H3/t55?,56-/m0/s1. The van der Waals surface area contributed by atoms with Gasteiger partial charge in [-0.3, -0.25) is 14.4 Å². The first-order chi connectivity index (χ1) is 31.8. The lowest BCUT2D eigenvalue weighted by Gasteiger charge is -2.18. The maximum atomic E-state index is 12.9. The van der Waals surface area contributed by atoms with Gasteiger partial charge in [-0.05, 0) is 31.1 Å². The van der Waals surface area contributed by atoms with Crippen molar-refractivity contribution in [3.63, 3.8) is 0 Å². The Labute approximate surface area is 406 Å². The van der Waals surface area contributed by atoms with Gasteiger partial charge in [-0.1, -0.05) is 291 Å². The normalized spacial score (nSPS) is 12.5. The number of ether oxygens (including phenoxy) is 3. The zero-order chi connectivity index (χ0) is 47.5. The smallest absolute Gasteiger partial charge is 0.306 e. The molecule has 0 rings (SSSR count). The van der Waals surface area contributed by atoms with Gasteiger partial charge in [-0.2, -0.15) is 0 Å². The second-order valence-corrected chi connectivity index (χ2v) is 21.0. The van der Waals surface area contributed by atoms with Crippen LogP contribution in [0, 0.1) is 11.8 Å². The van der Waals surface area contributed by atoms with Crippen molar-refractivity contribution >= 4 is 17.9 Å². The van der Waals surface area contributed by atoms with E-state index >= 15 is 0 Å². The van der Waals surface area contributed by atoms with Crippen LogP contribution < -0.4 is 0 Å². The van der Waals surface area contributed by atoms with Crippen LogP contribution in [0.25, 0.3) is 0 Å². The molecule has 0 saturated heterocycles. The van der Waals surface area contributed by atoms with Crippen LogP contribution in [-0.4, -0.2) is 37.2 Å². The van der Waals surface area contributed by atoms with Crippen LogP contribution in [0.15, 0.2) is 0 Å². The zero-order valence-electron chi connectivity index (χ0n) is 44.6. The third-order valence-corrected chi connectivity index (χ3v) is 13.8. The van der Waals surface area contributed by atoms with Crippen molar-refractivity contribution in [3.8, 4) is 0 Å². The molecule has 0 aromatic rings. The predicted molar refractivity (Wildman–Crippen MR) is 280 cm³/mol. The number of rotatable bonds is 53. The Morgan fingerprint density at radius 1 is 0.323 bits per heavy atom. The number of hydrogen-bond acceptors (Lipinski definition) is 6. The number of hydrogen-bond donors (Lipinski definition) is 0. The zero-order valence-corrected chi connectivity index (χ0v) is 44.6. The summed E-state index contributed by atoms with van der Waals surface area (Å²) >= 11 is 0. The van der Waals surface area contributed by atoms with Crippen LogP contribution in [0.4, 0.5) is 0 Å². The van der Waals surface area contributed by atoms with E-state index in [0.717, 1.165) is 69.6 Å². The summed E-state index contributed by atoms with van der Waals surface area (Å²) in [7, 11) is 0. The Balaban J connectivity index is 4.28. The topological polar surface area (TPSA) is 78.9 Å². The summed E-state index contributed by atoms with van der Waals surface area (Å²) in [5.41, 5.74) is 0. The molecule has 0 aliphatic rings. The molecular formula is C59H114O6. The Kier molecular flexibility index (Phi) is 50.5. The molecule has 0 saturated carbocycles. The van der Waals surface area contributed by atoms with Gasteiger partial charge >= 0.3 is 17.9 Å². The number of carbonyl (C=O) groups is 3. The van der Waals surface area contributed by atoms with E-state index in [1.165, 1.54) is 218 Å². The van der Waals surface area contributed by atoms with E-state index < -0.39 is 6.10 Å². The highest BCUT2D eigenvalue weighted by molar-refractivity contribution is 5.71. The Bertz CT molecular complexity index is 995. The van der Waals surface area contributed by atoms with Crippen LogP contribution in [0.2, 0.25) is 0 Å². The first-order valence-electron chi connectivity index (χ1n) is 29.3. The van der Waals surface area contributed by atoms with Crippen LogP contribution in [-0.2, 0) is 28.6 Å². The fraction of sp³-hybridized carbons (Fsp3) is 0.949. The van der Waals surface area contributed by atoms with Crippen molar-refractivity contribution in [3.05, 3.63) is 0 Å². The number of unbranched alkanes of at least 4 members (excludes halogenated alkanes) is 37. The van der Waals surface area contributed by atoms with Crippen LogP contribution in [0.1, 0.15) is 330 Å². The number of esters is 3. The molecule has 0 aromatic carbocycles. The molecule has 0 bridgehead atoms. The first-order valence-corrected chi connectivity index (χ1v) is 29.3. The van der Waals surface area contributed by atoms with Crippen molar-refractivity contribution in [1.29, 1.82) is 0 Å². The summed E-state index contributed by atoms with van der Waals surface area (Å²) in [6.45, 7) is 11.4. The van der Waals surface area contributed by atoms with Crippen molar-refractivity contribution < 1.29 is 28.6 Å². The Hall–Kier alpha value is -1.59. The van der Waals surface area contributed by atoms with Crippen molar-refractivity contribution in [2.24, 2.45) is 11.8 Å². The average Bonchev–Trinajstić information content (AvgIpc) is 3.29. The SMILES string of the molecule is CCCCCCCCCCCCCCCCCCCCCC(=O)O[C@@H](COC(=O)CCCCCCCCCCCCCCCC(C)C)COC(=O)CCCCCCCCCCC(C)CC. The molecule has 0 N–H and O–H groups in total. The van der Waals surface area contributed by atoms with Gasteiger partial charge in [-0.25, -0.2) is 0 Å². The summed E-state index contributed by atoms with van der Waals surface area (Å²) in [4.78, 5) is 38.1. The number of carbonyl (C=O) groups excluding carboxylic acids is 3. The average molecular weight is 920 g/mol. The van der Waals surface area contributed by atoms with Gasteiger partial charge in [0.25, 0.3) is 0 Å². The molecule has 0 heterocycles. The highest BCUT2D eigenvalue weighted by atomic mass is 16.6. The molecule has 0 fully saturated rings. The lowest BCUT2D eigenvalue weighted by molar-refractivity contribution is -0.167. The van der Waals surface area contributed by atoms with Gasteiger partial charge in [0.1, 0.15) is 13.2 Å². The van der Waals surface area contributed by atoms with Gasteiger partial charge in [0.2, 0.25) is 0 Å². The molecule has 0 aliphatic carbocycles. The minimum Gasteiger partial charge on any atom is -0.462 e. The van der Waals surface area contributed by atoms with Crippen LogP contribution >= 0.6 is 0 Å². The molecule has 2 atom stereocenters. The van der Waals surface area contributed by atoms with E-state index in [-0.39, 0.29) is 31.1 Å². The maximum Gasteiger partial charge on any atom is 0.306 e. The van der Waals surface area contributed by atoms with Gasteiger partial charge in [-0.15, -0.1) is 0 Å². The van der Waals surface area contributed by atoms with E-state index in [2.05, 4.69) is 34.6 Å². The fourth-order valence-electron chi connectivity index (χ4n) is 9.02. The molecule has 65 heavy (non-hydrogen) atoms. The predicted octanol–water partition coefficient (Wildman–Crippen LogP) is 19.3. The van der Waals surface area contributed by atoms with Crippen molar-refractivity contribution in [2.75, 3.05) is 13.2 Å². The van der Waals surface area contributed by atoms with E-state index in [0.29, 0.717) is 19.3 Å². The third kappa shape index (κ3) is 51.6. The van der Waals surface area contributed by atoms with Gasteiger partial charge in [0, 0.05) is 19.3 Å². The summed E-state index contributed by atoms with van der Waals surface area (Å²) in [6, 6.07) is 0. The first kappa shape index (κ1) is 63.4. The summed E-state index contributed by atoms with van der Waals surface area (Å²) in [5, 5.41) is 0. The van der Waals surface area contributed by atoms with Crippen LogP contribution in [0.5, 0.6) is 0 Å². The third-order valence-electron chi connectivity index (χ3n) is 13.8. The minimum absolute atomic E-state index is 0.0631. The molecule has 0 spiro atoms. The molecule has 6 heteroatoms. The minimum atomic E-state index is -0.763. The highest BCUT2D eigenvalue weighted by Gasteiger charge is 2.19. The quantitative estimate of drug-likeness (QED) is 0.0344. The lowest BCUT2D eigenvalue weighted by atomic mass is 9.99. The molecule has 0 radical (unpaired) electrons.